The van der Waals surface area contributed by atoms with Crippen LogP contribution in [-0.4, -0.2) is 35.8 Å². The van der Waals surface area contributed by atoms with E-state index in [1.165, 1.54) is 0 Å². The lowest BCUT2D eigenvalue weighted by atomic mass is 10.0. The molecule has 1 amide bonds. The van der Waals surface area contributed by atoms with Crippen LogP contribution in [0.3, 0.4) is 0 Å². The van der Waals surface area contributed by atoms with Crippen LogP contribution in [0.25, 0.3) is 10.9 Å². The highest BCUT2D eigenvalue weighted by Gasteiger charge is 2.18. The van der Waals surface area contributed by atoms with Crippen LogP contribution in [0.4, 0.5) is 0 Å². The van der Waals surface area contributed by atoms with Gasteiger partial charge in [0.05, 0.1) is 5.52 Å². The average Bonchev–Trinajstić information content (AvgIpc) is 2.73. The predicted molar refractivity (Wildman–Crippen MR) is 74.2 cm³/mol. The molecule has 3 rings (SSSR count). The van der Waals surface area contributed by atoms with Gasteiger partial charge in [0.1, 0.15) is 0 Å². The molecule has 0 aliphatic carbocycles. The van der Waals surface area contributed by atoms with Gasteiger partial charge in [-0.1, -0.05) is 0 Å². The maximum Gasteiger partial charge on any atom is 0.251 e. The normalized spacial score (nSPS) is 15.5. The molecule has 1 aliphatic heterocycles. The Labute approximate surface area is 112 Å². The van der Waals surface area contributed by atoms with Gasteiger partial charge in [-0.25, -0.2) is 0 Å². The van der Waals surface area contributed by atoms with E-state index in [2.05, 4.69) is 15.7 Å². The Hall–Kier alpha value is -1.88. The molecule has 2 aromatic rings. The summed E-state index contributed by atoms with van der Waals surface area (Å²) in [6, 6.07) is 3.90. The molecule has 1 saturated heterocycles. The van der Waals surface area contributed by atoms with Crippen LogP contribution in [0.5, 0.6) is 0 Å². The van der Waals surface area contributed by atoms with Crippen molar-refractivity contribution in [1.29, 1.82) is 0 Å². The van der Waals surface area contributed by atoms with E-state index < -0.39 is 0 Å². The van der Waals surface area contributed by atoms with Gasteiger partial charge in [0, 0.05) is 49.7 Å². The number of rotatable bonds is 3. The van der Waals surface area contributed by atoms with Crippen molar-refractivity contribution in [2.45, 2.75) is 13.5 Å². The topological polar surface area (TPSA) is 59.0 Å². The first kappa shape index (κ1) is 12.2. The summed E-state index contributed by atoms with van der Waals surface area (Å²) in [6.45, 7) is 5.02. The monoisotopic (exact) mass is 258 g/mol. The quantitative estimate of drug-likeness (QED) is 0.861. The third-order valence-electron chi connectivity index (χ3n) is 3.68. The summed E-state index contributed by atoms with van der Waals surface area (Å²) in [5.74, 6) is 0.629. The van der Waals surface area contributed by atoms with E-state index in [-0.39, 0.29) is 5.91 Å². The fraction of sp³-hybridized carbons (Fsp3) is 0.429. The Bertz CT molecular complexity index is 628. The van der Waals surface area contributed by atoms with Gasteiger partial charge in [0.2, 0.25) is 0 Å². The molecular weight excluding hydrogens is 240 g/mol. The van der Waals surface area contributed by atoms with E-state index in [0.717, 1.165) is 41.7 Å². The number of nitrogens with zero attached hydrogens (tertiary/aromatic N) is 2. The third kappa shape index (κ3) is 2.21. The number of hydrogen-bond donors (Lipinski definition) is 2. The van der Waals surface area contributed by atoms with Gasteiger partial charge in [-0.05, 0) is 24.6 Å². The standard InChI is InChI=1S/C14H18N4O/c1-9-3-13-11(4-12(9)14(19)15-2)8-18(17-13)7-10-5-16-6-10/h3-4,8,10,16H,5-7H2,1-2H3,(H,15,19). The van der Waals surface area contributed by atoms with Crippen LogP contribution < -0.4 is 10.6 Å². The lowest BCUT2D eigenvalue weighted by Crippen LogP contribution is -2.44. The van der Waals surface area contributed by atoms with Gasteiger partial charge in [-0.3, -0.25) is 9.48 Å². The first-order valence-electron chi connectivity index (χ1n) is 6.58. The summed E-state index contributed by atoms with van der Waals surface area (Å²) in [6.07, 6.45) is 2.03. The molecule has 0 atom stereocenters. The molecule has 0 radical (unpaired) electrons. The van der Waals surface area contributed by atoms with E-state index in [1.54, 1.807) is 7.05 Å². The van der Waals surface area contributed by atoms with Crippen molar-refractivity contribution in [2.24, 2.45) is 5.92 Å². The highest BCUT2D eigenvalue weighted by molar-refractivity contribution is 5.99. The highest BCUT2D eigenvalue weighted by atomic mass is 16.1. The fourth-order valence-corrected chi connectivity index (χ4v) is 2.44. The summed E-state index contributed by atoms with van der Waals surface area (Å²) >= 11 is 0. The number of benzene rings is 1. The summed E-state index contributed by atoms with van der Waals surface area (Å²) in [5.41, 5.74) is 2.64. The lowest BCUT2D eigenvalue weighted by Gasteiger charge is -2.26. The van der Waals surface area contributed by atoms with Crippen LogP contribution in [0, 0.1) is 12.8 Å². The van der Waals surface area contributed by atoms with E-state index in [9.17, 15) is 4.79 Å². The van der Waals surface area contributed by atoms with Crippen molar-refractivity contribution in [3.05, 3.63) is 29.5 Å². The zero-order valence-electron chi connectivity index (χ0n) is 11.2. The molecule has 1 fully saturated rings. The molecule has 100 valence electrons. The van der Waals surface area contributed by atoms with E-state index in [0.29, 0.717) is 5.92 Å². The maximum atomic E-state index is 11.8. The van der Waals surface area contributed by atoms with E-state index >= 15 is 0 Å². The minimum atomic E-state index is -0.0460. The van der Waals surface area contributed by atoms with Crippen molar-refractivity contribution in [3.8, 4) is 0 Å². The van der Waals surface area contributed by atoms with E-state index in [4.69, 9.17) is 0 Å². The first-order valence-corrected chi connectivity index (χ1v) is 6.58. The second-order valence-corrected chi connectivity index (χ2v) is 5.18. The van der Waals surface area contributed by atoms with Gasteiger partial charge < -0.3 is 10.6 Å². The number of aryl methyl sites for hydroxylation is 1. The van der Waals surface area contributed by atoms with Gasteiger partial charge in [0.15, 0.2) is 0 Å². The average molecular weight is 258 g/mol. The van der Waals surface area contributed by atoms with Crippen molar-refractivity contribution >= 4 is 16.8 Å². The van der Waals surface area contributed by atoms with Crippen LogP contribution in [0.15, 0.2) is 18.3 Å². The highest BCUT2D eigenvalue weighted by Crippen LogP contribution is 2.19. The summed E-state index contributed by atoms with van der Waals surface area (Å²) in [5, 5.41) is 11.5. The Morgan fingerprint density at radius 3 is 2.95 bits per heavy atom. The Morgan fingerprint density at radius 2 is 2.32 bits per heavy atom. The molecule has 19 heavy (non-hydrogen) atoms. The predicted octanol–water partition coefficient (Wildman–Crippen LogP) is 0.924. The molecule has 5 heteroatoms. The third-order valence-corrected chi connectivity index (χ3v) is 3.68. The van der Waals surface area contributed by atoms with Crippen molar-refractivity contribution in [2.75, 3.05) is 20.1 Å². The number of hydrogen-bond acceptors (Lipinski definition) is 3. The molecule has 1 aromatic carbocycles. The van der Waals surface area contributed by atoms with Gasteiger partial charge in [-0.2, -0.15) is 5.10 Å². The Morgan fingerprint density at radius 1 is 1.53 bits per heavy atom. The van der Waals surface area contributed by atoms with E-state index in [1.807, 2.05) is 29.9 Å². The van der Waals surface area contributed by atoms with Gasteiger partial charge >= 0.3 is 0 Å². The Kier molecular flexibility index (Phi) is 2.98. The number of carbonyl (C=O) groups is 1. The molecule has 2 N–H and O–H groups in total. The number of nitrogens with one attached hydrogen (secondary N) is 2. The summed E-state index contributed by atoms with van der Waals surface area (Å²) in [4.78, 5) is 11.8. The smallest absolute Gasteiger partial charge is 0.251 e. The molecule has 0 spiro atoms. The minimum Gasteiger partial charge on any atom is -0.355 e. The second kappa shape index (κ2) is 4.66. The number of fused-ring (bicyclic) bond motifs is 1. The summed E-state index contributed by atoms with van der Waals surface area (Å²) in [7, 11) is 1.65. The molecule has 2 heterocycles. The van der Waals surface area contributed by atoms with Crippen LogP contribution in [-0.2, 0) is 6.54 Å². The Balaban J connectivity index is 1.95. The molecule has 0 bridgehead atoms. The van der Waals surface area contributed by atoms with Crippen molar-refractivity contribution < 1.29 is 4.79 Å². The van der Waals surface area contributed by atoms with Crippen molar-refractivity contribution in [3.63, 3.8) is 0 Å². The van der Waals surface area contributed by atoms with Crippen LogP contribution >= 0.6 is 0 Å². The van der Waals surface area contributed by atoms with Gasteiger partial charge in [0.25, 0.3) is 5.91 Å². The molecule has 1 aromatic heterocycles. The van der Waals surface area contributed by atoms with Crippen LogP contribution in [0.2, 0.25) is 0 Å². The minimum absolute atomic E-state index is 0.0460. The first-order chi connectivity index (χ1) is 9.17. The maximum absolute atomic E-state index is 11.8. The number of carbonyl (C=O) groups excluding carboxylic acids is 1. The zero-order chi connectivity index (χ0) is 13.4. The van der Waals surface area contributed by atoms with Crippen molar-refractivity contribution in [1.82, 2.24) is 20.4 Å². The second-order valence-electron chi connectivity index (χ2n) is 5.18. The zero-order valence-corrected chi connectivity index (χ0v) is 11.2. The molecular formula is C14H18N4O. The lowest BCUT2D eigenvalue weighted by molar-refractivity contribution is 0.0962. The van der Waals surface area contributed by atoms with Crippen LogP contribution in [0.1, 0.15) is 15.9 Å². The molecule has 0 unspecified atom stereocenters. The SMILES string of the molecule is CNC(=O)c1cc2cn(CC3CNC3)nc2cc1C. The number of aromatic nitrogens is 2. The molecule has 5 nitrogen and oxygen atoms in total. The largest absolute Gasteiger partial charge is 0.355 e. The molecule has 1 aliphatic rings. The van der Waals surface area contributed by atoms with Gasteiger partial charge in [-0.15, -0.1) is 0 Å². The summed E-state index contributed by atoms with van der Waals surface area (Å²) < 4.78 is 1.99. The fourth-order valence-electron chi connectivity index (χ4n) is 2.44. The number of amides is 1. The molecule has 0 saturated carbocycles.